The maximum absolute atomic E-state index is 6.00. The summed E-state index contributed by atoms with van der Waals surface area (Å²) in [4.78, 5) is 1.40. The molecule has 13 heavy (non-hydrogen) atoms. The molecule has 0 nitrogen and oxygen atoms in total. The third-order valence-electron chi connectivity index (χ3n) is 1.98. The van der Waals surface area contributed by atoms with Crippen molar-refractivity contribution < 1.29 is 0 Å². The number of hydrogen-bond acceptors (Lipinski definition) is 1. The predicted molar refractivity (Wildman–Crippen MR) is 63.9 cm³/mol. The molecule has 2 rings (SSSR count). The summed E-state index contributed by atoms with van der Waals surface area (Å²) >= 11 is 11.3. The predicted octanol–water partition coefficient (Wildman–Crippen LogP) is 4.88. The highest BCUT2D eigenvalue weighted by atomic mass is 79.9. The topological polar surface area (TPSA) is 0 Å². The van der Waals surface area contributed by atoms with E-state index in [-0.39, 0.29) is 0 Å². The molecule has 0 fully saturated rings. The highest BCUT2D eigenvalue weighted by molar-refractivity contribution is 9.10. The van der Waals surface area contributed by atoms with Gasteiger partial charge in [0.1, 0.15) is 0 Å². The molecule has 0 amide bonds. The van der Waals surface area contributed by atoms with E-state index in [1.807, 2.05) is 6.07 Å². The summed E-state index contributed by atoms with van der Waals surface area (Å²) in [6, 6.07) is 6.22. The van der Waals surface area contributed by atoms with Gasteiger partial charge in [-0.15, -0.1) is 11.3 Å². The van der Waals surface area contributed by atoms with Crippen molar-refractivity contribution in [1.82, 2.24) is 0 Å². The van der Waals surface area contributed by atoms with Crippen molar-refractivity contribution in [1.29, 1.82) is 0 Å². The van der Waals surface area contributed by atoms with Gasteiger partial charge in [-0.2, -0.15) is 0 Å². The largest absolute Gasteiger partial charge is 0.139 e. The third-order valence-corrected chi connectivity index (χ3v) is 4.92. The Kier molecular flexibility index (Phi) is 2.63. The van der Waals surface area contributed by atoms with Crippen molar-refractivity contribution in [3.63, 3.8) is 0 Å². The first-order chi connectivity index (χ1) is 6.22. The van der Waals surface area contributed by atoms with Crippen molar-refractivity contribution in [2.24, 2.45) is 0 Å². The summed E-state index contributed by atoms with van der Waals surface area (Å²) in [5.74, 6) is 0. The zero-order valence-corrected chi connectivity index (χ0v) is 10.3. The molecule has 2 aromatic rings. The van der Waals surface area contributed by atoms with Crippen molar-refractivity contribution in [3.05, 3.63) is 32.6 Å². The minimum absolute atomic E-state index is 0.789. The van der Waals surface area contributed by atoms with Gasteiger partial charge in [0.15, 0.2) is 0 Å². The van der Waals surface area contributed by atoms with Crippen LogP contribution in [-0.2, 0) is 6.42 Å². The maximum atomic E-state index is 6.00. The van der Waals surface area contributed by atoms with E-state index < -0.39 is 0 Å². The van der Waals surface area contributed by atoms with Crippen molar-refractivity contribution in [3.8, 4) is 0 Å². The lowest BCUT2D eigenvalue weighted by Gasteiger charge is -1.95. The summed E-state index contributed by atoms with van der Waals surface area (Å²) in [6.45, 7) is 2.17. The number of benzene rings is 1. The average Bonchev–Trinajstić information content (AvgIpc) is 2.55. The minimum Gasteiger partial charge on any atom is -0.139 e. The number of aryl methyl sites for hydroxylation is 1. The van der Waals surface area contributed by atoms with Gasteiger partial charge in [0.05, 0.1) is 14.2 Å². The summed E-state index contributed by atoms with van der Waals surface area (Å²) < 4.78 is 2.28. The van der Waals surface area contributed by atoms with E-state index >= 15 is 0 Å². The lowest BCUT2D eigenvalue weighted by molar-refractivity contribution is 1.19. The zero-order chi connectivity index (χ0) is 9.42. The van der Waals surface area contributed by atoms with Crippen LogP contribution in [0, 0.1) is 0 Å². The molecule has 0 spiro atoms. The average molecular weight is 276 g/mol. The second-order valence-corrected chi connectivity index (χ2v) is 5.18. The van der Waals surface area contributed by atoms with Crippen LogP contribution in [0.25, 0.3) is 10.1 Å². The van der Waals surface area contributed by atoms with Crippen LogP contribution in [0.2, 0.25) is 5.02 Å². The van der Waals surface area contributed by atoms with E-state index in [9.17, 15) is 0 Å². The van der Waals surface area contributed by atoms with E-state index in [1.54, 1.807) is 11.3 Å². The number of hydrogen-bond donors (Lipinski definition) is 0. The van der Waals surface area contributed by atoms with Gasteiger partial charge < -0.3 is 0 Å². The molecule has 0 N–H and O–H groups in total. The van der Waals surface area contributed by atoms with Crippen LogP contribution < -0.4 is 0 Å². The number of halogens is 2. The number of rotatable bonds is 1. The molecule has 0 bridgehead atoms. The van der Waals surface area contributed by atoms with Gasteiger partial charge in [0.25, 0.3) is 0 Å². The van der Waals surface area contributed by atoms with Crippen LogP contribution in [0.5, 0.6) is 0 Å². The van der Waals surface area contributed by atoms with Gasteiger partial charge >= 0.3 is 0 Å². The Balaban J connectivity index is 2.76. The SMILES string of the molecule is CCc1cc2ccc(Cl)c(Br)c2s1. The molecule has 1 aromatic heterocycles. The standard InChI is InChI=1S/C10H8BrClS/c1-2-7-5-6-3-4-8(12)9(11)10(6)13-7/h3-5H,2H2,1H3. The molecule has 0 saturated heterocycles. The fourth-order valence-electron chi connectivity index (χ4n) is 1.27. The Morgan fingerprint density at radius 2 is 2.23 bits per heavy atom. The molecule has 0 saturated carbocycles. The van der Waals surface area contributed by atoms with Crippen LogP contribution in [0.15, 0.2) is 22.7 Å². The second-order valence-electron chi connectivity index (χ2n) is 2.85. The molecular weight excluding hydrogens is 268 g/mol. The smallest absolute Gasteiger partial charge is 0.0562 e. The van der Waals surface area contributed by atoms with Crippen molar-refractivity contribution >= 4 is 49.0 Å². The van der Waals surface area contributed by atoms with Gasteiger partial charge in [-0.1, -0.05) is 24.6 Å². The highest BCUT2D eigenvalue weighted by Gasteiger charge is 2.06. The molecule has 0 aliphatic carbocycles. The monoisotopic (exact) mass is 274 g/mol. The van der Waals surface area contributed by atoms with Crippen LogP contribution in [0.3, 0.4) is 0 Å². The molecule has 0 aliphatic rings. The summed E-state index contributed by atoms with van der Waals surface area (Å²) in [7, 11) is 0. The van der Waals surface area contributed by atoms with E-state index in [2.05, 4.69) is 35.0 Å². The van der Waals surface area contributed by atoms with Crippen LogP contribution in [0.1, 0.15) is 11.8 Å². The molecular formula is C10H8BrClS. The van der Waals surface area contributed by atoms with E-state index in [4.69, 9.17) is 11.6 Å². The third kappa shape index (κ3) is 1.63. The highest BCUT2D eigenvalue weighted by Crippen LogP contribution is 2.36. The first-order valence-electron chi connectivity index (χ1n) is 4.08. The first kappa shape index (κ1) is 9.50. The summed E-state index contributed by atoms with van der Waals surface area (Å²) in [6.07, 6.45) is 1.09. The lowest BCUT2D eigenvalue weighted by Crippen LogP contribution is -1.67. The van der Waals surface area contributed by atoms with Gasteiger partial charge in [0.2, 0.25) is 0 Å². The van der Waals surface area contributed by atoms with E-state index in [0.29, 0.717) is 0 Å². The first-order valence-corrected chi connectivity index (χ1v) is 6.07. The van der Waals surface area contributed by atoms with Gasteiger partial charge in [-0.3, -0.25) is 0 Å². The van der Waals surface area contributed by atoms with Gasteiger partial charge in [-0.25, -0.2) is 0 Å². The van der Waals surface area contributed by atoms with Crippen LogP contribution in [0.4, 0.5) is 0 Å². The zero-order valence-electron chi connectivity index (χ0n) is 7.10. The van der Waals surface area contributed by atoms with Gasteiger partial charge in [-0.05, 0) is 39.9 Å². The molecule has 68 valence electrons. The van der Waals surface area contributed by atoms with E-state index in [0.717, 1.165) is 15.9 Å². The maximum Gasteiger partial charge on any atom is 0.0562 e. The number of fused-ring (bicyclic) bond motifs is 1. The molecule has 0 aliphatic heterocycles. The molecule has 0 atom stereocenters. The fraction of sp³-hybridized carbons (Fsp3) is 0.200. The normalized spacial score (nSPS) is 11.0. The summed E-state index contributed by atoms with van der Waals surface area (Å²) in [5.41, 5.74) is 0. The Labute approximate surface area is 94.7 Å². The quantitative estimate of drug-likeness (QED) is 0.696. The molecule has 1 heterocycles. The van der Waals surface area contributed by atoms with Crippen molar-refractivity contribution in [2.75, 3.05) is 0 Å². The molecule has 1 aromatic carbocycles. The Morgan fingerprint density at radius 1 is 1.46 bits per heavy atom. The lowest BCUT2D eigenvalue weighted by atomic mass is 10.2. The Morgan fingerprint density at radius 3 is 2.92 bits per heavy atom. The second kappa shape index (κ2) is 3.60. The molecule has 3 heteroatoms. The Bertz CT molecular complexity index is 447. The van der Waals surface area contributed by atoms with Crippen LogP contribution in [-0.4, -0.2) is 0 Å². The van der Waals surface area contributed by atoms with Crippen molar-refractivity contribution in [2.45, 2.75) is 13.3 Å². The molecule has 0 unspecified atom stereocenters. The van der Waals surface area contributed by atoms with E-state index in [1.165, 1.54) is 15.0 Å². The Hall–Kier alpha value is -0.0500. The number of thiophene rings is 1. The fourth-order valence-corrected chi connectivity index (χ4v) is 3.13. The molecule has 0 radical (unpaired) electrons. The van der Waals surface area contributed by atoms with Crippen LogP contribution >= 0.6 is 38.9 Å². The summed E-state index contributed by atoms with van der Waals surface area (Å²) in [5, 5.41) is 2.06. The van der Waals surface area contributed by atoms with Gasteiger partial charge in [0, 0.05) is 4.88 Å². The minimum atomic E-state index is 0.789.